The maximum Gasteiger partial charge on any atom is 0.338 e. The molecule has 0 aromatic heterocycles. The van der Waals surface area contributed by atoms with Gasteiger partial charge in [-0.2, -0.15) is 0 Å². The summed E-state index contributed by atoms with van der Waals surface area (Å²) in [5.74, 6) is -0.707. The molecule has 18 heavy (non-hydrogen) atoms. The molecule has 0 N–H and O–H groups in total. The first-order valence-corrected chi connectivity index (χ1v) is 5.84. The van der Waals surface area contributed by atoms with Crippen molar-refractivity contribution >= 4 is 17.5 Å². The number of rotatable bonds is 1. The molecule has 0 aliphatic heterocycles. The third kappa shape index (κ3) is 1.03. The van der Waals surface area contributed by atoms with Gasteiger partial charge in [0.25, 0.3) is 0 Å². The molecule has 0 bridgehead atoms. The average molecular weight is 244 g/mol. The molecule has 2 aliphatic carbocycles. The Balaban J connectivity index is 2.37. The molecule has 3 rings (SSSR count). The largest absolute Gasteiger partial charge is 0.465 e. The van der Waals surface area contributed by atoms with Crippen molar-refractivity contribution in [2.45, 2.75) is 26.2 Å². The molecule has 92 valence electrons. The molecule has 0 radical (unpaired) electrons. The van der Waals surface area contributed by atoms with Gasteiger partial charge in [-0.3, -0.25) is 9.59 Å². The molecule has 0 spiro atoms. The Bertz CT molecular complexity index is 640. The summed E-state index contributed by atoms with van der Waals surface area (Å²) in [5.41, 5.74) is 3.79. The highest BCUT2D eigenvalue weighted by Gasteiger charge is 2.45. The van der Waals surface area contributed by atoms with E-state index in [0.717, 1.165) is 16.7 Å². The fraction of sp³-hybridized carbons (Fsp3) is 0.357. The van der Waals surface area contributed by atoms with Crippen molar-refractivity contribution in [1.82, 2.24) is 0 Å². The third-order valence-corrected chi connectivity index (χ3v) is 3.97. The molecule has 4 nitrogen and oxygen atoms in total. The van der Waals surface area contributed by atoms with Crippen molar-refractivity contribution in [3.63, 3.8) is 0 Å². The molecule has 1 atom stereocenters. The second kappa shape index (κ2) is 3.28. The quantitative estimate of drug-likeness (QED) is 0.707. The van der Waals surface area contributed by atoms with Gasteiger partial charge in [-0.15, -0.1) is 0 Å². The Kier molecular flexibility index (Phi) is 2.03. The molecular formula is C14H12O4. The standard InChI is InChI=1S/C14H12O4/c1-5-9-7(4-8(9)15)12(14(17)18-3)10-6(2)13(16)11(5)10/h6H,4H2,1-3H3. The molecule has 1 aromatic carbocycles. The van der Waals surface area contributed by atoms with E-state index in [9.17, 15) is 14.4 Å². The highest BCUT2D eigenvalue weighted by atomic mass is 16.5. The van der Waals surface area contributed by atoms with Gasteiger partial charge in [-0.05, 0) is 23.6 Å². The number of esters is 1. The first-order valence-electron chi connectivity index (χ1n) is 5.84. The zero-order chi connectivity index (χ0) is 13.2. The van der Waals surface area contributed by atoms with Crippen LogP contribution in [0.5, 0.6) is 0 Å². The molecule has 2 aliphatic rings. The summed E-state index contributed by atoms with van der Waals surface area (Å²) in [6.07, 6.45) is 0.273. The number of hydrogen-bond acceptors (Lipinski definition) is 4. The zero-order valence-electron chi connectivity index (χ0n) is 10.4. The van der Waals surface area contributed by atoms with Gasteiger partial charge in [0.15, 0.2) is 11.6 Å². The van der Waals surface area contributed by atoms with Gasteiger partial charge in [0, 0.05) is 23.5 Å². The molecule has 1 aromatic rings. The lowest BCUT2D eigenvalue weighted by molar-refractivity contribution is 0.0596. The topological polar surface area (TPSA) is 60.4 Å². The second-order valence-electron chi connectivity index (χ2n) is 4.82. The fourth-order valence-corrected chi connectivity index (χ4v) is 3.02. The predicted octanol–water partition coefficient (Wildman–Crippen LogP) is 1.82. The lowest BCUT2D eigenvalue weighted by atomic mass is 9.65. The molecular weight excluding hydrogens is 232 g/mol. The van der Waals surface area contributed by atoms with E-state index < -0.39 is 5.97 Å². The van der Waals surface area contributed by atoms with E-state index in [0.29, 0.717) is 16.7 Å². The Morgan fingerprint density at radius 1 is 1.28 bits per heavy atom. The van der Waals surface area contributed by atoms with Crippen LogP contribution in [0.15, 0.2) is 0 Å². The van der Waals surface area contributed by atoms with Gasteiger partial charge in [-0.1, -0.05) is 6.92 Å². The van der Waals surface area contributed by atoms with Crippen molar-refractivity contribution in [3.05, 3.63) is 33.4 Å². The molecule has 4 heteroatoms. The van der Waals surface area contributed by atoms with Crippen LogP contribution in [0.1, 0.15) is 60.6 Å². The van der Waals surface area contributed by atoms with Gasteiger partial charge < -0.3 is 4.74 Å². The number of fused-ring (bicyclic) bond motifs is 2. The summed E-state index contributed by atoms with van der Waals surface area (Å²) in [6, 6.07) is 0. The number of benzene rings is 1. The minimum absolute atomic E-state index is 0.00260. The van der Waals surface area contributed by atoms with Crippen molar-refractivity contribution in [2.24, 2.45) is 0 Å². The van der Waals surface area contributed by atoms with Gasteiger partial charge in [-0.25, -0.2) is 4.79 Å². The van der Waals surface area contributed by atoms with Crippen LogP contribution >= 0.6 is 0 Å². The van der Waals surface area contributed by atoms with Crippen LogP contribution in [0.4, 0.5) is 0 Å². The first kappa shape index (κ1) is 11.1. The minimum atomic E-state index is -0.450. The highest BCUT2D eigenvalue weighted by molar-refractivity contribution is 6.21. The van der Waals surface area contributed by atoms with Crippen LogP contribution in [-0.2, 0) is 11.2 Å². The van der Waals surface area contributed by atoms with E-state index in [2.05, 4.69) is 0 Å². The fourth-order valence-electron chi connectivity index (χ4n) is 3.02. The summed E-state index contributed by atoms with van der Waals surface area (Å²) >= 11 is 0. The minimum Gasteiger partial charge on any atom is -0.465 e. The lowest BCUT2D eigenvalue weighted by Crippen LogP contribution is -2.36. The van der Waals surface area contributed by atoms with Crippen molar-refractivity contribution < 1.29 is 19.1 Å². The monoisotopic (exact) mass is 244 g/mol. The van der Waals surface area contributed by atoms with E-state index in [4.69, 9.17) is 4.74 Å². The lowest BCUT2D eigenvalue weighted by Gasteiger charge is -2.35. The number of ether oxygens (including phenoxy) is 1. The SMILES string of the molecule is COC(=O)c1c2c(c(C)c3c1C(C)C3=O)C(=O)C2. The summed E-state index contributed by atoms with van der Waals surface area (Å²) < 4.78 is 4.77. The van der Waals surface area contributed by atoms with E-state index >= 15 is 0 Å². The van der Waals surface area contributed by atoms with Gasteiger partial charge in [0.2, 0.25) is 0 Å². The van der Waals surface area contributed by atoms with Gasteiger partial charge >= 0.3 is 5.97 Å². The molecule has 0 saturated heterocycles. The Morgan fingerprint density at radius 3 is 2.50 bits per heavy atom. The van der Waals surface area contributed by atoms with Crippen molar-refractivity contribution in [2.75, 3.05) is 7.11 Å². The highest BCUT2D eigenvalue weighted by Crippen LogP contribution is 2.46. The average Bonchev–Trinajstić information content (AvgIpc) is 2.34. The number of methoxy groups -OCH3 is 1. The van der Waals surface area contributed by atoms with Crippen LogP contribution in [0.25, 0.3) is 0 Å². The molecule has 0 heterocycles. The Morgan fingerprint density at radius 2 is 1.94 bits per heavy atom. The molecule has 0 saturated carbocycles. The molecule has 1 unspecified atom stereocenters. The van der Waals surface area contributed by atoms with Crippen LogP contribution < -0.4 is 0 Å². The van der Waals surface area contributed by atoms with Crippen LogP contribution in [0.2, 0.25) is 0 Å². The Labute approximate surface area is 104 Å². The number of ketones is 2. The van der Waals surface area contributed by atoms with E-state index in [1.54, 1.807) is 13.8 Å². The summed E-state index contributed by atoms with van der Waals surface area (Å²) in [6.45, 7) is 3.56. The number of hydrogen-bond donors (Lipinski definition) is 0. The second-order valence-corrected chi connectivity index (χ2v) is 4.82. The predicted molar refractivity (Wildman–Crippen MR) is 63.3 cm³/mol. The van der Waals surface area contributed by atoms with E-state index in [1.165, 1.54) is 7.11 Å². The molecule has 0 amide bonds. The summed E-state index contributed by atoms with van der Waals surface area (Å²) in [7, 11) is 1.31. The Hall–Kier alpha value is -1.97. The zero-order valence-corrected chi connectivity index (χ0v) is 10.4. The van der Waals surface area contributed by atoms with Gasteiger partial charge in [0.05, 0.1) is 12.7 Å². The number of carbonyl (C=O) groups is 3. The number of Topliss-reactive ketones (excluding diaryl/α,β-unsaturated/α-hetero) is 2. The normalized spacial score (nSPS) is 19.6. The summed E-state index contributed by atoms with van der Waals surface area (Å²) in [4.78, 5) is 35.3. The molecule has 0 fully saturated rings. The van der Waals surface area contributed by atoms with Crippen molar-refractivity contribution in [1.29, 1.82) is 0 Å². The van der Waals surface area contributed by atoms with E-state index in [1.807, 2.05) is 0 Å². The maximum atomic E-state index is 11.9. The number of carbonyl (C=O) groups excluding carboxylic acids is 3. The smallest absolute Gasteiger partial charge is 0.338 e. The van der Waals surface area contributed by atoms with Crippen molar-refractivity contribution in [3.8, 4) is 0 Å². The van der Waals surface area contributed by atoms with Crippen LogP contribution in [0.3, 0.4) is 0 Å². The first-order chi connectivity index (χ1) is 8.49. The van der Waals surface area contributed by atoms with Crippen LogP contribution in [-0.4, -0.2) is 24.6 Å². The third-order valence-electron chi connectivity index (χ3n) is 3.97. The maximum absolute atomic E-state index is 11.9. The van der Waals surface area contributed by atoms with E-state index in [-0.39, 0.29) is 23.9 Å². The van der Waals surface area contributed by atoms with Gasteiger partial charge in [0.1, 0.15) is 0 Å². The van der Waals surface area contributed by atoms with Crippen LogP contribution in [0, 0.1) is 6.92 Å². The summed E-state index contributed by atoms with van der Waals surface area (Å²) in [5, 5.41) is 0.